The van der Waals surface area contributed by atoms with Crippen LogP contribution in [-0.4, -0.2) is 11.2 Å². The molecule has 0 saturated heterocycles. The summed E-state index contributed by atoms with van der Waals surface area (Å²) < 4.78 is 0. The smallest absolute Gasteiger partial charge is 0.0571 e. The van der Waals surface area contributed by atoms with Crippen LogP contribution in [0.25, 0.3) is 0 Å². The molecule has 0 amide bonds. The van der Waals surface area contributed by atoms with E-state index in [4.69, 9.17) is 0 Å². The van der Waals surface area contributed by atoms with Gasteiger partial charge < -0.3 is 5.11 Å². The van der Waals surface area contributed by atoms with Crippen LogP contribution in [0.5, 0.6) is 0 Å². The molecular formula is C29H50O. The number of fused-ring (bicyclic) bond motifs is 7. The van der Waals surface area contributed by atoms with Crippen molar-refractivity contribution in [2.75, 3.05) is 0 Å². The molecule has 172 valence electrons. The lowest BCUT2D eigenvalue weighted by molar-refractivity contribution is -0.234. The van der Waals surface area contributed by atoms with Gasteiger partial charge in [-0.1, -0.05) is 48.5 Å². The van der Waals surface area contributed by atoms with E-state index in [0.717, 1.165) is 30.1 Å². The fourth-order valence-corrected chi connectivity index (χ4v) is 10.7. The molecule has 10 atom stereocenters. The zero-order valence-corrected chi connectivity index (χ0v) is 21.2. The van der Waals surface area contributed by atoms with Crippen molar-refractivity contribution in [1.29, 1.82) is 0 Å². The molecule has 0 spiro atoms. The van der Waals surface area contributed by atoms with Crippen LogP contribution >= 0.6 is 0 Å². The van der Waals surface area contributed by atoms with Gasteiger partial charge in [-0.05, 0) is 127 Å². The van der Waals surface area contributed by atoms with E-state index in [1.165, 1.54) is 64.2 Å². The molecule has 0 aromatic rings. The van der Waals surface area contributed by atoms with E-state index in [9.17, 15) is 5.11 Å². The molecule has 30 heavy (non-hydrogen) atoms. The second kappa shape index (κ2) is 6.51. The molecule has 0 unspecified atom stereocenters. The first-order chi connectivity index (χ1) is 13.9. The van der Waals surface area contributed by atoms with E-state index in [1.54, 1.807) is 0 Å². The van der Waals surface area contributed by atoms with Gasteiger partial charge in [0.1, 0.15) is 0 Å². The van der Waals surface area contributed by atoms with Crippen LogP contribution in [-0.2, 0) is 0 Å². The van der Waals surface area contributed by atoms with Gasteiger partial charge in [-0.2, -0.15) is 0 Å². The highest BCUT2D eigenvalue weighted by atomic mass is 16.3. The van der Waals surface area contributed by atoms with Crippen molar-refractivity contribution in [3.05, 3.63) is 0 Å². The minimum atomic E-state index is -0.0629. The summed E-state index contributed by atoms with van der Waals surface area (Å²) in [5.41, 5.74) is 2.53. The van der Waals surface area contributed by atoms with Crippen molar-refractivity contribution in [1.82, 2.24) is 0 Å². The van der Waals surface area contributed by atoms with Gasteiger partial charge in [-0.3, -0.25) is 0 Å². The summed E-state index contributed by atoms with van der Waals surface area (Å²) in [6.07, 6.45) is 15.3. The van der Waals surface area contributed by atoms with Crippen LogP contribution in [0.1, 0.15) is 119 Å². The highest BCUT2D eigenvalue weighted by Crippen LogP contribution is 2.75. The van der Waals surface area contributed by atoms with Crippen LogP contribution in [0.3, 0.4) is 0 Å². The van der Waals surface area contributed by atoms with Crippen molar-refractivity contribution >= 4 is 0 Å². The Kier molecular flexibility index (Phi) is 4.73. The fraction of sp³-hybridized carbons (Fsp3) is 1.00. The second-order valence-electron chi connectivity index (χ2n) is 14.8. The third-order valence-corrected chi connectivity index (χ3v) is 13.3. The maximum absolute atomic E-state index is 10.7. The third-order valence-electron chi connectivity index (χ3n) is 13.3. The minimum absolute atomic E-state index is 0.0629. The van der Waals surface area contributed by atoms with Crippen molar-refractivity contribution in [3.8, 4) is 0 Å². The summed E-state index contributed by atoms with van der Waals surface area (Å²) in [6.45, 7) is 18.2. The van der Waals surface area contributed by atoms with Gasteiger partial charge in [0.15, 0.2) is 0 Å². The first-order valence-corrected chi connectivity index (χ1v) is 13.5. The molecule has 5 saturated carbocycles. The van der Waals surface area contributed by atoms with Gasteiger partial charge in [-0.25, -0.2) is 0 Å². The molecule has 5 aliphatic carbocycles. The number of hydrogen-bond acceptors (Lipinski definition) is 1. The molecule has 1 heteroatoms. The Labute approximate surface area is 187 Å². The molecule has 0 radical (unpaired) electrons. The van der Waals surface area contributed by atoms with Crippen molar-refractivity contribution in [3.63, 3.8) is 0 Å². The van der Waals surface area contributed by atoms with Crippen LogP contribution in [0, 0.1) is 56.7 Å². The Balaban J connectivity index is 1.49. The maximum Gasteiger partial charge on any atom is 0.0571 e. The van der Waals surface area contributed by atoms with E-state index in [-0.39, 0.29) is 6.10 Å². The Hall–Kier alpha value is -0.0400. The van der Waals surface area contributed by atoms with Crippen molar-refractivity contribution < 1.29 is 5.11 Å². The average Bonchev–Trinajstić information content (AvgIpc) is 2.68. The predicted octanol–water partition coefficient (Wildman–Crippen LogP) is 7.86. The average molecular weight is 415 g/mol. The monoisotopic (exact) mass is 414 g/mol. The maximum atomic E-state index is 10.7. The van der Waals surface area contributed by atoms with Gasteiger partial charge in [-0.15, -0.1) is 0 Å². The number of aliphatic hydroxyl groups is 1. The van der Waals surface area contributed by atoms with Gasteiger partial charge >= 0.3 is 0 Å². The summed E-state index contributed by atoms with van der Waals surface area (Å²) in [5.74, 6) is 4.08. The second-order valence-corrected chi connectivity index (χ2v) is 14.8. The Bertz CT molecular complexity index is 696. The van der Waals surface area contributed by atoms with Gasteiger partial charge in [0, 0.05) is 0 Å². The molecule has 5 aliphatic rings. The van der Waals surface area contributed by atoms with Gasteiger partial charge in [0.05, 0.1) is 6.10 Å². The zero-order chi connectivity index (χ0) is 21.7. The van der Waals surface area contributed by atoms with Crippen LogP contribution in [0.2, 0.25) is 0 Å². The van der Waals surface area contributed by atoms with E-state index >= 15 is 0 Å². The quantitative estimate of drug-likeness (QED) is 0.427. The minimum Gasteiger partial charge on any atom is -0.393 e. The fourth-order valence-electron chi connectivity index (χ4n) is 10.7. The SMILES string of the molecule is C[C@H]1[C@H](O)CC[C@H]2[C@@H]3CC[C@@]4(C)[C@@H]5CC(C)(C)CC[C@]5(C)CC[C@]4(C)[C@H]3CC[C@]12C. The van der Waals surface area contributed by atoms with Crippen LogP contribution in [0.15, 0.2) is 0 Å². The number of aliphatic hydroxyl groups excluding tert-OH is 1. The van der Waals surface area contributed by atoms with Crippen molar-refractivity contribution in [2.24, 2.45) is 56.7 Å². The molecule has 0 aromatic carbocycles. The lowest BCUT2D eigenvalue weighted by Gasteiger charge is -2.72. The van der Waals surface area contributed by atoms with Gasteiger partial charge in [0.2, 0.25) is 0 Å². The molecular weight excluding hydrogens is 364 g/mol. The lowest BCUT2D eigenvalue weighted by atomic mass is 9.33. The number of hydrogen-bond donors (Lipinski definition) is 1. The highest BCUT2D eigenvalue weighted by Gasteiger charge is 2.67. The molecule has 0 bridgehead atoms. The predicted molar refractivity (Wildman–Crippen MR) is 126 cm³/mol. The lowest BCUT2D eigenvalue weighted by Crippen LogP contribution is -2.65. The first-order valence-electron chi connectivity index (χ1n) is 13.5. The first kappa shape index (κ1) is 21.8. The Morgan fingerprint density at radius 2 is 1.37 bits per heavy atom. The van der Waals surface area contributed by atoms with E-state index in [1.807, 2.05) is 0 Å². The summed E-state index contributed by atoms with van der Waals surface area (Å²) >= 11 is 0. The molecule has 0 heterocycles. The standard InChI is InChI=1S/C29H50O/c1-19-23(30)9-8-21-20-10-13-29(7)24-18-25(2,3)14-15-26(24,4)16-17-28(29,6)22(20)11-12-27(19,21)5/h19-24,30H,8-18H2,1-7H3/t19-,20-,21-,22-,23+,24+,26+,27+,28+,29-/m0/s1. The molecule has 1 N–H and O–H groups in total. The largest absolute Gasteiger partial charge is 0.393 e. The summed E-state index contributed by atoms with van der Waals surface area (Å²) in [4.78, 5) is 0. The third kappa shape index (κ3) is 2.69. The summed E-state index contributed by atoms with van der Waals surface area (Å²) in [6, 6.07) is 0. The van der Waals surface area contributed by atoms with Crippen LogP contribution in [0.4, 0.5) is 0 Å². The molecule has 5 fully saturated rings. The van der Waals surface area contributed by atoms with E-state index in [0.29, 0.717) is 33.0 Å². The van der Waals surface area contributed by atoms with Crippen molar-refractivity contribution in [2.45, 2.75) is 125 Å². The Morgan fingerprint density at radius 3 is 2.10 bits per heavy atom. The molecule has 0 aliphatic heterocycles. The molecule has 5 rings (SSSR count). The molecule has 1 nitrogen and oxygen atoms in total. The number of rotatable bonds is 0. The van der Waals surface area contributed by atoms with E-state index < -0.39 is 0 Å². The highest BCUT2D eigenvalue weighted by molar-refractivity contribution is 5.16. The van der Waals surface area contributed by atoms with E-state index in [2.05, 4.69) is 48.5 Å². The van der Waals surface area contributed by atoms with Crippen LogP contribution < -0.4 is 0 Å². The summed E-state index contributed by atoms with van der Waals surface area (Å²) in [7, 11) is 0. The summed E-state index contributed by atoms with van der Waals surface area (Å²) in [5, 5.41) is 10.7. The van der Waals surface area contributed by atoms with Gasteiger partial charge in [0.25, 0.3) is 0 Å². The normalized spacial score (nSPS) is 60.0. The molecule has 0 aromatic heterocycles. The Morgan fingerprint density at radius 1 is 0.667 bits per heavy atom. The zero-order valence-electron chi connectivity index (χ0n) is 21.2. The topological polar surface area (TPSA) is 20.2 Å².